The van der Waals surface area contributed by atoms with Gasteiger partial charge in [0.2, 0.25) is 0 Å². The van der Waals surface area contributed by atoms with E-state index in [0.717, 1.165) is 11.4 Å². The number of hydrogen-bond acceptors (Lipinski definition) is 0. The standard InChI is InChI=1S/C20H17Cl/c1-2-15-3-5-16(6-4-15)17-7-9-18(10-8-17)19-11-13-20(21)14-12-19/h3-14H,2H2,1H3. The van der Waals surface area contributed by atoms with Gasteiger partial charge < -0.3 is 0 Å². The third-order valence-electron chi connectivity index (χ3n) is 3.76. The van der Waals surface area contributed by atoms with Crippen molar-refractivity contribution < 1.29 is 0 Å². The van der Waals surface area contributed by atoms with Crippen LogP contribution in [0.5, 0.6) is 0 Å². The van der Waals surface area contributed by atoms with Crippen molar-refractivity contribution in [3.8, 4) is 22.3 Å². The summed E-state index contributed by atoms with van der Waals surface area (Å²) in [5, 5.41) is 0.770. The molecule has 104 valence electrons. The van der Waals surface area contributed by atoms with E-state index in [1.165, 1.54) is 27.8 Å². The van der Waals surface area contributed by atoms with Crippen LogP contribution in [-0.4, -0.2) is 0 Å². The van der Waals surface area contributed by atoms with Crippen LogP contribution in [0.1, 0.15) is 12.5 Å². The Bertz CT molecular complexity index is 707. The van der Waals surface area contributed by atoms with Gasteiger partial charge >= 0.3 is 0 Å². The molecule has 0 N–H and O–H groups in total. The number of aryl methyl sites for hydroxylation is 1. The molecule has 0 spiro atoms. The summed E-state index contributed by atoms with van der Waals surface area (Å²) in [6.07, 6.45) is 1.08. The molecule has 0 amide bonds. The molecule has 0 aromatic heterocycles. The lowest BCUT2D eigenvalue weighted by Crippen LogP contribution is -1.82. The minimum atomic E-state index is 0.770. The molecule has 0 aliphatic rings. The molecule has 0 atom stereocenters. The van der Waals surface area contributed by atoms with E-state index in [4.69, 9.17) is 11.6 Å². The Morgan fingerprint density at radius 2 is 0.905 bits per heavy atom. The van der Waals surface area contributed by atoms with Gasteiger partial charge in [-0.3, -0.25) is 0 Å². The monoisotopic (exact) mass is 292 g/mol. The molecular weight excluding hydrogens is 276 g/mol. The Morgan fingerprint density at radius 3 is 1.29 bits per heavy atom. The average Bonchev–Trinajstić information content (AvgIpc) is 2.56. The van der Waals surface area contributed by atoms with Gasteiger partial charge in [-0.15, -0.1) is 0 Å². The summed E-state index contributed by atoms with van der Waals surface area (Å²) in [5.41, 5.74) is 6.27. The molecule has 3 aromatic carbocycles. The summed E-state index contributed by atoms with van der Waals surface area (Å²) in [7, 11) is 0. The van der Waals surface area contributed by atoms with Crippen LogP contribution in [0.25, 0.3) is 22.3 Å². The largest absolute Gasteiger partial charge is 0.0843 e. The molecule has 0 fully saturated rings. The maximum atomic E-state index is 5.93. The molecule has 0 saturated heterocycles. The third-order valence-corrected chi connectivity index (χ3v) is 4.01. The Hall–Kier alpha value is -2.05. The lowest BCUT2D eigenvalue weighted by Gasteiger charge is -2.06. The highest BCUT2D eigenvalue weighted by Gasteiger charge is 2.00. The molecule has 0 radical (unpaired) electrons. The SMILES string of the molecule is CCc1ccc(-c2ccc(-c3ccc(Cl)cc3)cc2)cc1. The quantitative estimate of drug-likeness (QED) is 0.536. The highest BCUT2D eigenvalue weighted by atomic mass is 35.5. The second-order valence-electron chi connectivity index (χ2n) is 5.13. The maximum absolute atomic E-state index is 5.93. The highest BCUT2D eigenvalue weighted by Crippen LogP contribution is 2.26. The minimum Gasteiger partial charge on any atom is -0.0843 e. The van der Waals surface area contributed by atoms with Crippen LogP contribution in [0.2, 0.25) is 5.02 Å². The van der Waals surface area contributed by atoms with Crippen molar-refractivity contribution in [3.05, 3.63) is 83.4 Å². The van der Waals surface area contributed by atoms with Crippen molar-refractivity contribution in [2.24, 2.45) is 0 Å². The maximum Gasteiger partial charge on any atom is 0.0406 e. The van der Waals surface area contributed by atoms with Crippen molar-refractivity contribution in [1.82, 2.24) is 0 Å². The van der Waals surface area contributed by atoms with Crippen LogP contribution in [0.4, 0.5) is 0 Å². The Balaban J connectivity index is 1.87. The molecule has 0 aliphatic heterocycles. The molecular formula is C20H17Cl. The molecule has 1 heteroatoms. The molecule has 0 saturated carbocycles. The fourth-order valence-electron chi connectivity index (χ4n) is 2.43. The number of hydrogen-bond donors (Lipinski definition) is 0. The van der Waals surface area contributed by atoms with Crippen LogP contribution < -0.4 is 0 Å². The molecule has 0 nitrogen and oxygen atoms in total. The van der Waals surface area contributed by atoms with Gasteiger partial charge in [0.15, 0.2) is 0 Å². The van der Waals surface area contributed by atoms with Gasteiger partial charge in [-0.05, 0) is 46.4 Å². The Kier molecular flexibility index (Phi) is 4.08. The van der Waals surface area contributed by atoms with E-state index in [0.29, 0.717) is 0 Å². The molecule has 0 unspecified atom stereocenters. The molecule has 0 bridgehead atoms. The van der Waals surface area contributed by atoms with Crippen molar-refractivity contribution >= 4 is 11.6 Å². The second-order valence-corrected chi connectivity index (χ2v) is 5.57. The summed E-state index contributed by atoms with van der Waals surface area (Å²) in [5.74, 6) is 0. The van der Waals surface area contributed by atoms with Crippen molar-refractivity contribution in [2.45, 2.75) is 13.3 Å². The van der Waals surface area contributed by atoms with Crippen LogP contribution in [0, 0.1) is 0 Å². The third kappa shape index (κ3) is 3.17. The van der Waals surface area contributed by atoms with Crippen molar-refractivity contribution in [3.63, 3.8) is 0 Å². The van der Waals surface area contributed by atoms with Gasteiger partial charge in [0.25, 0.3) is 0 Å². The average molecular weight is 293 g/mol. The molecule has 0 aliphatic carbocycles. The summed E-state index contributed by atoms with van der Waals surface area (Å²) in [6, 6.07) is 25.4. The van der Waals surface area contributed by atoms with Crippen molar-refractivity contribution in [2.75, 3.05) is 0 Å². The summed E-state index contributed by atoms with van der Waals surface area (Å²) in [6.45, 7) is 2.18. The van der Waals surface area contributed by atoms with E-state index in [1.807, 2.05) is 24.3 Å². The van der Waals surface area contributed by atoms with E-state index in [9.17, 15) is 0 Å². The molecule has 0 heterocycles. The first-order valence-corrected chi connectivity index (χ1v) is 7.59. The first-order chi connectivity index (χ1) is 10.3. The lowest BCUT2D eigenvalue weighted by molar-refractivity contribution is 1.14. The zero-order valence-corrected chi connectivity index (χ0v) is 12.8. The van der Waals surface area contributed by atoms with Crippen LogP contribution in [0.3, 0.4) is 0 Å². The normalized spacial score (nSPS) is 10.6. The zero-order chi connectivity index (χ0) is 14.7. The first-order valence-electron chi connectivity index (χ1n) is 7.21. The van der Waals surface area contributed by atoms with Gasteiger partial charge in [0.1, 0.15) is 0 Å². The van der Waals surface area contributed by atoms with E-state index in [-0.39, 0.29) is 0 Å². The predicted octanol–water partition coefficient (Wildman–Crippen LogP) is 6.24. The van der Waals surface area contributed by atoms with E-state index in [2.05, 4.69) is 55.5 Å². The molecule has 3 rings (SSSR count). The smallest absolute Gasteiger partial charge is 0.0406 e. The fraction of sp³-hybridized carbons (Fsp3) is 0.100. The minimum absolute atomic E-state index is 0.770. The van der Waals surface area contributed by atoms with Crippen LogP contribution in [-0.2, 0) is 6.42 Å². The van der Waals surface area contributed by atoms with Crippen LogP contribution in [0.15, 0.2) is 72.8 Å². The molecule has 3 aromatic rings. The van der Waals surface area contributed by atoms with Gasteiger partial charge in [-0.25, -0.2) is 0 Å². The van der Waals surface area contributed by atoms with Gasteiger partial charge in [-0.2, -0.15) is 0 Å². The number of rotatable bonds is 3. The van der Waals surface area contributed by atoms with Gasteiger partial charge in [0.05, 0.1) is 0 Å². The van der Waals surface area contributed by atoms with E-state index >= 15 is 0 Å². The van der Waals surface area contributed by atoms with Gasteiger partial charge in [-0.1, -0.05) is 79.2 Å². The summed E-state index contributed by atoms with van der Waals surface area (Å²) >= 11 is 5.93. The molecule has 21 heavy (non-hydrogen) atoms. The number of halogens is 1. The van der Waals surface area contributed by atoms with Gasteiger partial charge in [0, 0.05) is 5.02 Å². The van der Waals surface area contributed by atoms with Crippen LogP contribution >= 0.6 is 11.6 Å². The lowest BCUT2D eigenvalue weighted by atomic mass is 9.99. The summed E-state index contributed by atoms with van der Waals surface area (Å²) < 4.78 is 0. The van der Waals surface area contributed by atoms with E-state index in [1.54, 1.807) is 0 Å². The van der Waals surface area contributed by atoms with E-state index < -0.39 is 0 Å². The zero-order valence-electron chi connectivity index (χ0n) is 12.0. The Morgan fingerprint density at radius 1 is 0.571 bits per heavy atom. The summed E-state index contributed by atoms with van der Waals surface area (Å²) in [4.78, 5) is 0. The first kappa shape index (κ1) is 13.9. The topological polar surface area (TPSA) is 0 Å². The second kappa shape index (κ2) is 6.15. The van der Waals surface area contributed by atoms with Crippen molar-refractivity contribution in [1.29, 1.82) is 0 Å². The predicted molar refractivity (Wildman–Crippen MR) is 91.7 cm³/mol. The highest BCUT2D eigenvalue weighted by molar-refractivity contribution is 6.30. The number of benzene rings is 3. The fourth-order valence-corrected chi connectivity index (χ4v) is 2.56. The Labute approximate surface area is 131 Å².